The largest absolute Gasteiger partial charge is 0.362 e. The minimum atomic E-state index is -3.86. The van der Waals surface area contributed by atoms with Crippen LogP contribution in [0.3, 0.4) is 0 Å². The summed E-state index contributed by atoms with van der Waals surface area (Å²) in [6.45, 7) is 0. The van der Waals surface area contributed by atoms with E-state index in [4.69, 9.17) is 39.9 Å². The van der Waals surface area contributed by atoms with Gasteiger partial charge in [0.1, 0.15) is 6.17 Å². The highest BCUT2D eigenvalue weighted by Crippen LogP contribution is 2.31. The number of carbonyl (C=O) groups is 1. The number of hydrogen-bond donors (Lipinski definition) is 3. The van der Waals surface area contributed by atoms with Crippen molar-refractivity contribution in [2.45, 2.75) is 14.9 Å². The molecule has 0 saturated carbocycles. The number of sulfonamides is 1. The van der Waals surface area contributed by atoms with Gasteiger partial charge in [0.05, 0.1) is 9.82 Å². The molecule has 2 aromatic rings. The summed E-state index contributed by atoms with van der Waals surface area (Å²) in [6, 6.07) is 10.1. The van der Waals surface area contributed by atoms with Crippen molar-refractivity contribution >= 4 is 62.1 Å². The van der Waals surface area contributed by atoms with E-state index in [1.165, 1.54) is 48.5 Å². The molecular formula is C15H13Cl3N4O5S. The third kappa shape index (κ3) is 5.94. The molecule has 0 radical (unpaired) electrons. The first-order chi connectivity index (χ1) is 12.9. The molecule has 4 N–H and O–H groups in total. The molecule has 9 nitrogen and oxygen atoms in total. The predicted molar refractivity (Wildman–Crippen MR) is 106 cm³/mol. The van der Waals surface area contributed by atoms with Gasteiger partial charge in [-0.25, -0.2) is 13.6 Å². The fourth-order valence-electron chi connectivity index (χ4n) is 2.06. The number of non-ortho nitro benzene ring substituents is 1. The van der Waals surface area contributed by atoms with Gasteiger partial charge in [0.25, 0.3) is 11.6 Å². The molecule has 1 atom stereocenters. The first-order valence-corrected chi connectivity index (χ1v) is 10.1. The number of primary sulfonamides is 1. The van der Waals surface area contributed by atoms with E-state index in [9.17, 15) is 23.3 Å². The van der Waals surface area contributed by atoms with Gasteiger partial charge in [-0.2, -0.15) is 0 Å². The molecule has 2 rings (SSSR count). The lowest BCUT2D eigenvalue weighted by molar-refractivity contribution is -0.384. The van der Waals surface area contributed by atoms with Crippen molar-refractivity contribution in [2.75, 3.05) is 5.32 Å². The lowest BCUT2D eigenvalue weighted by Gasteiger charge is -2.27. The summed E-state index contributed by atoms with van der Waals surface area (Å²) in [7, 11) is -3.86. The highest BCUT2D eigenvalue weighted by Gasteiger charge is 2.34. The van der Waals surface area contributed by atoms with Crippen molar-refractivity contribution in [2.24, 2.45) is 5.14 Å². The molecular weight excluding hydrogens is 455 g/mol. The van der Waals surface area contributed by atoms with Crippen LogP contribution >= 0.6 is 34.8 Å². The number of amides is 1. The number of nitrogens with two attached hydrogens (primary N) is 1. The van der Waals surface area contributed by atoms with E-state index in [1.54, 1.807) is 0 Å². The minimum absolute atomic E-state index is 0.108. The van der Waals surface area contributed by atoms with Crippen LogP contribution in [0.15, 0.2) is 53.4 Å². The monoisotopic (exact) mass is 466 g/mol. The number of alkyl halides is 3. The lowest BCUT2D eigenvalue weighted by atomic mass is 10.2. The van der Waals surface area contributed by atoms with Crippen molar-refractivity contribution in [3.05, 3.63) is 64.2 Å². The van der Waals surface area contributed by atoms with Gasteiger partial charge in [0.2, 0.25) is 13.8 Å². The van der Waals surface area contributed by atoms with Crippen LogP contribution in [0, 0.1) is 10.1 Å². The zero-order valence-electron chi connectivity index (χ0n) is 13.8. The smallest absolute Gasteiger partial charge is 0.269 e. The predicted octanol–water partition coefficient (Wildman–Crippen LogP) is 2.78. The number of rotatable bonds is 6. The Morgan fingerprint density at radius 2 is 1.61 bits per heavy atom. The quantitative estimate of drug-likeness (QED) is 0.258. The molecule has 0 aliphatic rings. The number of carbonyl (C=O) groups excluding carboxylic acids is 1. The Balaban J connectivity index is 2.17. The molecule has 0 fully saturated rings. The normalized spacial score (nSPS) is 12.9. The van der Waals surface area contributed by atoms with E-state index in [0.29, 0.717) is 5.69 Å². The number of hydrogen-bond acceptors (Lipinski definition) is 6. The van der Waals surface area contributed by atoms with Gasteiger partial charge in [0.15, 0.2) is 0 Å². The van der Waals surface area contributed by atoms with Gasteiger partial charge < -0.3 is 10.6 Å². The molecule has 1 amide bonds. The Morgan fingerprint density at radius 3 is 2.04 bits per heavy atom. The highest BCUT2D eigenvalue weighted by molar-refractivity contribution is 7.89. The van der Waals surface area contributed by atoms with Crippen LogP contribution in [0.25, 0.3) is 0 Å². The van der Waals surface area contributed by atoms with E-state index in [2.05, 4.69) is 10.6 Å². The second-order valence-electron chi connectivity index (χ2n) is 5.47. The molecule has 0 aliphatic heterocycles. The molecule has 2 aromatic carbocycles. The molecule has 28 heavy (non-hydrogen) atoms. The molecule has 1 unspecified atom stereocenters. The van der Waals surface area contributed by atoms with Gasteiger partial charge in [-0.3, -0.25) is 14.9 Å². The summed E-state index contributed by atoms with van der Waals surface area (Å²) in [5.74, 6) is -0.653. The van der Waals surface area contributed by atoms with Crippen LogP contribution in [0.5, 0.6) is 0 Å². The first-order valence-electron chi connectivity index (χ1n) is 7.39. The number of anilines is 1. The van der Waals surface area contributed by atoms with Crippen LogP contribution in [-0.4, -0.2) is 29.2 Å². The van der Waals surface area contributed by atoms with Gasteiger partial charge >= 0.3 is 0 Å². The van der Waals surface area contributed by atoms with Crippen molar-refractivity contribution in [3.63, 3.8) is 0 Å². The molecule has 13 heteroatoms. The molecule has 0 spiro atoms. The highest BCUT2D eigenvalue weighted by atomic mass is 35.6. The summed E-state index contributed by atoms with van der Waals surface area (Å²) in [5, 5.41) is 20.9. The number of halogens is 3. The van der Waals surface area contributed by atoms with Crippen molar-refractivity contribution in [1.82, 2.24) is 5.32 Å². The Kier molecular flexibility index (Phi) is 6.73. The average molecular weight is 468 g/mol. The van der Waals surface area contributed by atoms with Crippen LogP contribution < -0.4 is 15.8 Å². The summed E-state index contributed by atoms with van der Waals surface area (Å²) in [4.78, 5) is 22.3. The van der Waals surface area contributed by atoms with Crippen LogP contribution in [-0.2, 0) is 10.0 Å². The number of nitrogens with one attached hydrogen (secondary N) is 2. The van der Waals surface area contributed by atoms with Crippen molar-refractivity contribution in [3.8, 4) is 0 Å². The summed E-state index contributed by atoms with van der Waals surface area (Å²) >= 11 is 17.7. The first kappa shape index (κ1) is 22.2. The average Bonchev–Trinajstić information content (AvgIpc) is 2.60. The van der Waals surface area contributed by atoms with E-state index in [1.807, 2.05) is 0 Å². The number of nitrogens with zero attached hydrogens (tertiary/aromatic N) is 1. The molecule has 0 heterocycles. The topological polar surface area (TPSA) is 144 Å². The lowest BCUT2D eigenvalue weighted by Crippen LogP contribution is -2.49. The Bertz CT molecular complexity index is 976. The Morgan fingerprint density at radius 1 is 1.07 bits per heavy atom. The fraction of sp³-hybridized carbons (Fsp3) is 0.133. The number of nitro benzene ring substituents is 1. The van der Waals surface area contributed by atoms with Crippen molar-refractivity contribution in [1.29, 1.82) is 0 Å². The summed E-state index contributed by atoms with van der Waals surface area (Å²) in [6.07, 6.45) is -1.21. The van der Waals surface area contributed by atoms with Crippen LogP contribution in [0.1, 0.15) is 10.4 Å². The third-order valence-corrected chi connectivity index (χ3v) is 5.02. The van der Waals surface area contributed by atoms with Crippen LogP contribution in [0.4, 0.5) is 11.4 Å². The zero-order chi connectivity index (χ0) is 21.1. The van der Waals surface area contributed by atoms with Gasteiger partial charge in [-0.15, -0.1) is 0 Å². The SMILES string of the molecule is NS(=O)(=O)c1ccc(NC(NC(=O)c2ccc([N+](=O)[O-])cc2)C(Cl)(Cl)Cl)cc1. The zero-order valence-corrected chi connectivity index (χ0v) is 16.9. The van der Waals surface area contributed by atoms with Gasteiger partial charge in [-0.05, 0) is 36.4 Å². The minimum Gasteiger partial charge on any atom is -0.362 e. The molecule has 0 saturated heterocycles. The van der Waals surface area contributed by atoms with E-state index in [0.717, 1.165) is 0 Å². The Labute approximate surface area is 175 Å². The molecule has 0 aliphatic carbocycles. The number of nitro groups is 1. The maximum atomic E-state index is 12.4. The fourth-order valence-corrected chi connectivity index (χ4v) is 2.90. The molecule has 150 valence electrons. The molecule has 0 aromatic heterocycles. The Hall–Kier alpha value is -2.11. The summed E-state index contributed by atoms with van der Waals surface area (Å²) < 4.78 is 20.6. The van der Waals surface area contributed by atoms with E-state index < -0.39 is 30.8 Å². The maximum absolute atomic E-state index is 12.4. The summed E-state index contributed by atoms with van der Waals surface area (Å²) in [5.41, 5.74) is 0.270. The standard InChI is InChI=1S/C15H13Cl3N4O5S/c16-15(17,18)14(20-10-3-7-12(8-4-10)28(19,26)27)21-13(23)9-1-5-11(6-2-9)22(24)25/h1-8,14,20H,(H,21,23)(H2,19,26,27). The second kappa shape index (κ2) is 8.50. The maximum Gasteiger partial charge on any atom is 0.269 e. The van der Waals surface area contributed by atoms with Gasteiger partial charge in [0, 0.05) is 23.4 Å². The van der Waals surface area contributed by atoms with E-state index >= 15 is 0 Å². The van der Waals surface area contributed by atoms with Gasteiger partial charge in [-0.1, -0.05) is 34.8 Å². The third-order valence-electron chi connectivity index (χ3n) is 3.44. The number of benzene rings is 2. The van der Waals surface area contributed by atoms with E-state index in [-0.39, 0.29) is 16.1 Å². The second-order valence-corrected chi connectivity index (χ2v) is 9.40. The van der Waals surface area contributed by atoms with Crippen LogP contribution in [0.2, 0.25) is 0 Å². The molecule has 0 bridgehead atoms. The van der Waals surface area contributed by atoms with Crippen molar-refractivity contribution < 1.29 is 18.1 Å².